The quantitative estimate of drug-likeness (QED) is 0.923. The molecule has 2 aliphatic rings. The van der Waals surface area contributed by atoms with Gasteiger partial charge in [-0.15, -0.1) is 0 Å². The Bertz CT molecular complexity index is 606. The Morgan fingerprint density at radius 3 is 2.55 bits per heavy atom. The van der Waals surface area contributed by atoms with Crippen molar-refractivity contribution in [2.75, 3.05) is 19.8 Å². The van der Waals surface area contributed by atoms with Crippen LogP contribution in [0.4, 0.5) is 0 Å². The second kappa shape index (κ2) is 5.13. The Labute approximate surface area is 120 Å². The van der Waals surface area contributed by atoms with Crippen molar-refractivity contribution in [1.82, 2.24) is 4.72 Å². The van der Waals surface area contributed by atoms with Gasteiger partial charge in [-0.05, 0) is 48.9 Å². The number of nitrogens with one attached hydrogen (secondary N) is 1. The number of aryl methyl sites for hydroxylation is 2. The highest BCUT2D eigenvalue weighted by Gasteiger charge is 2.34. The molecule has 1 N–H and O–H groups in total. The average Bonchev–Trinajstić information content (AvgIpc) is 2.42. The van der Waals surface area contributed by atoms with Gasteiger partial charge in [-0.1, -0.05) is 13.0 Å². The van der Waals surface area contributed by atoms with Gasteiger partial charge >= 0.3 is 0 Å². The molecule has 0 atom stereocenters. The molecule has 3 rings (SSSR count). The van der Waals surface area contributed by atoms with Gasteiger partial charge in [0.25, 0.3) is 0 Å². The van der Waals surface area contributed by atoms with Gasteiger partial charge in [0.15, 0.2) is 0 Å². The number of fused-ring (bicyclic) bond motifs is 1. The summed E-state index contributed by atoms with van der Waals surface area (Å²) in [4.78, 5) is 0.391. The molecule has 1 fully saturated rings. The van der Waals surface area contributed by atoms with Crippen LogP contribution in [-0.2, 0) is 27.6 Å². The minimum absolute atomic E-state index is 0.0543. The lowest BCUT2D eigenvalue weighted by atomic mass is 9.89. The first-order valence-electron chi connectivity index (χ1n) is 7.18. The molecule has 1 aliphatic heterocycles. The lowest BCUT2D eigenvalue weighted by molar-refractivity contribution is -0.0965. The van der Waals surface area contributed by atoms with E-state index in [1.165, 1.54) is 17.5 Å². The Kier molecular flexibility index (Phi) is 3.60. The van der Waals surface area contributed by atoms with Crippen LogP contribution in [0.15, 0.2) is 23.1 Å². The summed E-state index contributed by atoms with van der Waals surface area (Å²) in [5.74, 6) is 0. The summed E-state index contributed by atoms with van der Waals surface area (Å²) in [7, 11) is -3.41. The van der Waals surface area contributed by atoms with Crippen LogP contribution in [0, 0.1) is 5.41 Å². The molecule has 1 aliphatic carbocycles. The van der Waals surface area contributed by atoms with E-state index in [0.717, 1.165) is 19.3 Å². The molecule has 0 spiro atoms. The van der Waals surface area contributed by atoms with E-state index in [1.807, 2.05) is 19.1 Å². The van der Waals surface area contributed by atoms with Crippen LogP contribution in [0.1, 0.15) is 30.9 Å². The first kappa shape index (κ1) is 14.0. The Balaban J connectivity index is 1.76. The van der Waals surface area contributed by atoms with Crippen molar-refractivity contribution in [3.05, 3.63) is 29.3 Å². The number of hydrogen-bond acceptors (Lipinski definition) is 3. The molecule has 5 heteroatoms. The third kappa shape index (κ3) is 2.75. The number of sulfonamides is 1. The summed E-state index contributed by atoms with van der Waals surface area (Å²) in [6.07, 6.45) is 4.41. The SMILES string of the molecule is CC1(CNS(=O)(=O)c2ccc3c(c2)CCCC3)COC1. The molecule has 0 saturated carbocycles. The molecular weight excluding hydrogens is 274 g/mol. The highest BCUT2D eigenvalue weighted by Crippen LogP contribution is 2.27. The topological polar surface area (TPSA) is 55.4 Å². The van der Waals surface area contributed by atoms with Crippen LogP contribution in [0.5, 0.6) is 0 Å². The average molecular weight is 295 g/mol. The monoisotopic (exact) mass is 295 g/mol. The molecule has 1 aromatic rings. The van der Waals surface area contributed by atoms with E-state index in [9.17, 15) is 8.42 Å². The first-order valence-corrected chi connectivity index (χ1v) is 8.66. The number of rotatable bonds is 4. The van der Waals surface area contributed by atoms with Crippen molar-refractivity contribution in [2.24, 2.45) is 5.41 Å². The normalized spacial score (nSPS) is 21.1. The van der Waals surface area contributed by atoms with Gasteiger partial charge in [0, 0.05) is 12.0 Å². The molecule has 0 amide bonds. The van der Waals surface area contributed by atoms with Crippen LogP contribution in [0.25, 0.3) is 0 Å². The Morgan fingerprint density at radius 1 is 1.20 bits per heavy atom. The van der Waals surface area contributed by atoms with Crippen molar-refractivity contribution in [3.63, 3.8) is 0 Å². The smallest absolute Gasteiger partial charge is 0.240 e. The molecule has 110 valence electrons. The maximum absolute atomic E-state index is 12.4. The predicted molar refractivity (Wildman–Crippen MR) is 77.2 cm³/mol. The van der Waals surface area contributed by atoms with Crippen molar-refractivity contribution in [1.29, 1.82) is 0 Å². The molecule has 0 aromatic heterocycles. The fraction of sp³-hybridized carbons (Fsp3) is 0.600. The van der Waals surface area contributed by atoms with Gasteiger partial charge in [0.05, 0.1) is 18.1 Å². The van der Waals surface area contributed by atoms with Crippen molar-refractivity contribution in [3.8, 4) is 0 Å². The zero-order chi connectivity index (χ0) is 14.2. The molecule has 1 heterocycles. The minimum atomic E-state index is -3.41. The lowest BCUT2D eigenvalue weighted by Crippen LogP contribution is -2.48. The van der Waals surface area contributed by atoms with Gasteiger partial charge in [-0.3, -0.25) is 0 Å². The molecule has 1 aromatic carbocycles. The summed E-state index contributed by atoms with van der Waals surface area (Å²) in [6, 6.07) is 5.54. The summed E-state index contributed by atoms with van der Waals surface area (Å²) >= 11 is 0. The van der Waals surface area contributed by atoms with Gasteiger partial charge < -0.3 is 4.74 Å². The van der Waals surface area contributed by atoms with Gasteiger partial charge in [0.2, 0.25) is 10.0 Å². The highest BCUT2D eigenvalue weighted by molar-refractivity contribution is 7.89. The van der Waals surface area contributed by atoms with Crippen LogP contribution in [0.2, 0.25) is 0 Å². The van der Waals surface area contributed by atoms with Crippen molar-refractivity contribution in [2.45, 2.75) is 37.5 Å². The third-order valence-electron chi connectivity index (χ3n) is 4.22. The minimum Gasteiger partial charge on any atom is -0.380 e. The van der Waals surface area contributed by atoms with E-state index in [-0.39, 0.29) is 5.41 Å². The Hall–Kier alpha value is -0.910. The molecule has 20 heavy (non-hydrogen) atoms. The molecule has 4 nitrogen and oxygen atoms in total. The van der Waals surface area contributed by atoms with E-state index in [2.05, 4.69) is 4.72 Å². The summed E-state index contributed by atoms with van der Waals surface area (Å²) in [5.41, 5.74) is 2.44. The van der Waals surface area contributed by atoms with E-state index < -0.39 is 10.0 Å². The number of hydrogen-bond donors (Lipinski definition) is 1. The maximum Gasteiger partial charge on any atom is 0.240 e. The number of ether oxygens (including phenoxy) is 1. The zero-order valence-electron chi connectivity index (χ0n) is 11.8. The van der Waals surface area contributed by atoms with Gasteiger partial charge in [-0.25, -0.2) is 13.1 Å². The van der Waals surface area contributed by atoms with Crippen LogP contribution in [0.3, 0.4) is 0 Å². The fourth-order valence-electron chi connectivity index (χ4n) is 2.78. The summed E-state index contributed by atoms with van der Waals surface area (Å²) in [5, 5.41) is 0. The molecule has 0 radical (unpaired) electrons. The van der Waals surface area contributed by atoms with E-state index >= 15 is 0 Å². The second-order valence-electron chi connectivity index (χ2n) is 6.27. The first-order chi connectivity index (χ1) is 9.49. The molecular formula is C15H21NO3S. The highest BCUT2D eigenvalue weighted by atomic mass is 32.2. The predicted octanol–water partition coefficient (Wildman–Crippen LogP) is 1.88. The third-order valence-corrected chi connectivity index (χ3v) is 5.62. The summed E-state index contributed by atoms with van der Waals surface area (Å²) < 4.78 is 32.6. The molecule has 0 unspecified atom stereocenters. The maximum atomic E-state index is 12.4. The molecule has 0 bridgehead atoms. The van der Waals surface area contributed by atoms with Crippen LogP contribution in [-0.4, -0.2) is 28.2 Å². The van der Waals surface area contributed by atoms with Crippen molar-refractivity contribution >= 4 is 10.0 Å². The number of benzene rings is 1. The summed E-state index contributed by atoms with van der Waals surface area (Å²) in [6.45, 7) is 3.72. The van der Waals surface area contributed by atoms with Gasteiger partial charge in [-0.2, -0.15) is 0 Å². The largest absolute Gasteiger partial charge is 0.380 e. The van der Waals surface area contributed by atoms with Crippen molar-refractivity contribution < 1.29 is 13.2 Å². The molecule has 1 saturated heterocycles. The van der Waals surface area contributed by atoms with E-state index in [0.29, 0.717) is 24.7 Å². The van der Waals surface area contributed by atoms with Crippen LogP contribution < -0.4 is 4.72 Å². The Morgan fingerprint density at radius 2 is 1.90 bits per heavy atom. The zero-order valence-corrected chi connectivity index (χ0v) is 12.6. The van der Waals surface area contributed by atoms with Crippen LogP contribution >= 0.6 is 0 Å². The van der Waals surface area contributed by atoms with E-state index in [4.69, 9.17) is 4.74 Å². The second-order valence-corrected chi connectivity index (χ2v) is 8.03. The van der Waals surface area contributed by atoms with Gasteiger partial charge in [0.1, 0.15) is 0 Å². The lowest BCUT2D eigenvalue weighted by Gasteiger charge is -2.37. The van der Waals surface area contributed by atoms with E-state index in [1.54, 1.807) is 6.07 Å². The fourth-order valence-corrected chi connectivity index (χ4v) is 4.03. The standard InChI is InChI=1S/C15H21NO3S/c1-15(10-19-11-15)9-16-20(17,18)14-7-6-12-4-2-3-5-13(12)8-14/h6-8,16H,2-5,9-11H2,1H3.